The molecule has 3 N–H and O–H groups in total. The summed E-state index contributed by atoms with van der Waals surface area (Å²) in [5, 5.41) is 3.44. The van der Waals surface area contributed by atoms with Crippen LogP contribution in [0.3, 0.4) is 0 Å². The van der Waals surface area contributed by atoms with E-state index in [0.717, 1.165) is 12.2 Å². The molecule has 0 spiro atoms. The van der Waals surface area contributed by atoms with Gasteiger partial charge in [0, 0.05) is 0 Å². The van der Waals surface area contributed by atoms with Gasteiger partial charge in [-0.15, -0.1) is 0 Å². The van der Waals surface area contributed by atoms with Gasteiger partial charge in [0.2, 0.25) is 0 Å². The van der Waals surface area contributed by atoms with Crippen molar-refractivity contribution >= 4 is 11.6 Å². The molecule has 1 aliphatic carbocycles. The molecule has 4 heteroatoms. The number of nitrogens with zero attached hydrogens (tertiary/aromatic N) is 2. The molecule has 0 aliphatic heterocycles. The number of rotatable bonds is 2. The Hall–Kier alpha value is -2.10. The fourth-order valence-electron chi connectivity index (χ4n) is 2.49. The SMILES string of the molecule is Nc1cnc(NC2CCCc3ccccc32)cn1. The third-order valence-corrected chi connectivity index (χ3v) is 3.36. The van der Waals surface area contributed by atoms with E-state index in [1.165, 1.54) is 24.0 Å². The van der Waals surface area contributed by atoms with Gasteiger partial charge in [-0.3, -0.25) is 0 Å². The van der Waals surface area contributed by atoms with Crippen molar-refractivity contribution in [1.82, 2.24) is 9.97 Å². The number of nitrogens with two attached hydrogens (primary N) is 1. The summed E-state index contributed by atoms with van der Waals surface area (Å²) in [5.41, 5.74) is 8.35. The lowest BCUT2D eigenvalue weighted by molar-refractivity contribution is 0.598. The highest BCUT2D eigenvalue weighted by atomic mass is 15.0. The van der Waals surface area contributed by atoms with E-state index in [4.69, 9.17) is 5.73 Å². The zero-order valence-corrected chi connectivity index (χ0v) is 10.1. The lowest BCUT2D eigenvalue weighted by atomic mass is 9.88. The molecule has 92 valence electrons. The first-order valence-corrected chi connectivity index (χ1v) is 6.25. The monoisotopic (exact) mass is 240 g/mol. The minimum atomic E-state index is 0.327. The Morgan fingerprint density at radius 3 is 2.89 bits per heavy atom. The highest BCUT2D eigenvalue weighted by Crippen LogP contribution is 2.31. The number of aryl methyl sites for hydroxylation is 1. The fourth-order valence-corrected chi connectivity index (χ4v) is 2.49. The Balaban J connectivity index is 1.84. The highest BCUT2D eigenvalue weighted by molar-refractivity contribution is 5.42. The lowest BCUT2D eigenvalue weighted by Gasteiger charge is -2.26. The van der Waals surface area contributed by atoms with Crippen LogP contribution in [0.15, 0.2) is 36.7 Å². The molecule has 0 saturated heterocycles. The largest absolute Gasteiger partial charge is 0.382 e. The Morgan fingerprint density at radius 2 is 2.06 bits per heavy atom. The summed E-state index contributed by atoms with van der Waals surface area (Å²) in [7, 11) is 0. The average molecular weight is 240 g/mol. The van der Waals surface area contributed by atoms with Gasteiger partial charge in [-0.1, -0.05) is 24.3 Å². The average Bonchev–Trinajstić information content (AvgIpc) is 2.42. The molecule has 1 atom stereocenters. The van der Waals surface area contributed by atoms with Gasteiger partial charge >= 0.3 is 0 Å². The molecule has 2 aromatic rings. The Morgan fingerprint density at radius 1 is 1.17 bits per heavy atom. The molecule has 0 amide bonds. The Labute approximate surface area is 106 Å². The van der Waals surface area contributed by atoms with E-state index in [0.29, 0.717) is 11.9 Å². The van der Waals surface area contributed by atoms with E-state index in [2.05, 4.69) is 39.6 Å². The fraction of sp³-hybridized carbons (Fsp3) is 0.286. The number of nitrogens with one attached hydrogen (secondary N) is 1. The van der Waals surface area contributed by atoms with Crippen LogP contribution in [-0.2, 0) is 6.42 Å². The van der Waals surface area contributed by atoms with Gasteiger partial charge in [0.15, 0.2) is 0 Å². The van der Waals surface area contributed by atoms with Gasteiger partial charge in [0.05, 0.1) is 18.4 Å². The van der Waals surface area contributed by atoms with Crippen molar-refractivity contribution in [3.63, 3.8) is 0 Å². The summed E-state index contributed by atoms with van der Waals surface area (Å²) in [6.07, 6.45) is 6.77. The summed E-state index contributed by atoms with van der Waals surface area (Å²) < 4.78 is 0. The van der Waals surface area contributed by atoms with Gasteiger partial charge in [0.1, 0.15) is 11.6 Å². The second-order valence-electron chi connectivity index (χ2n) is 4.61. The number of nitrogen functional groups attached to an aromatic ring is 1. The number of hydrogen-bond acceptors (Lipinski definition) is 4. The van der Waals surface area contributed by atoms with Gasteiger partial charge < -0.3 is 11.1 Å². The lowest BCUT2D eigenvalue weighted by Crippen LogP contribution is -2.18. The molecule has 1 unspecified atom stereocenters. The topological polar surface area (TPSA) is 63.8 Å². The molecular formula is C14H16N4. The number of anilines is 2. The van der Waals surface area contributed by atoms with E-state index < -0.39 is 0 Å². The van der Waals surface area contributed by atoms with Crippen molar-refractivity contribution in [2.45, 2.75) is 25.3 Å². The molecule has 1 aliphatic rings. The quantitative estimate of drug-likeness (QED) is 0.846. The maximum Gasteiger partial charge on any atom is 0.145 e. The molecule has 1 aromatic heterocycles. The summed E-state index contributed by atoms with van der Waals surface area (Å²) >= 11 is 0. The third kappa shape index (κ3) is 2.14. The zero-order chi connectivity index (χ0) is 12.4. The number of fused-ring (bicyclic) bond motifs is 1. The smallest absolute Gasteiger partial charge is 0.145 e. The molecular weight excluding hydrogens is 224 g/mol. The van der Waals surface area contributed by atoms with Crippen LogP contribution in [0.5, 0.6) is 0 Å². The first-order chi connectivity index (χ1) is 8.83. The van der Waals surface area contributed by atoms with Crippen LogP contribution in [0.1, 0.15) is 30.0 Å². The minimum absolute atomic E-state index is 0.327. The molecule has 0 radical (unpaired) electrons. The van der Waals surface area contributed by atoms with E-state index in [9.17, 15) is 0 Å². The van der Waals surface area contributed by atoms with E-state index in [1.807, 2.05) is 0 Å². The van der Waals surface area contributed by atoms with Crippen molar-refractivity contribution in [2.75, 3.05) is 11.1 Å². The summed E-state index contributed by atoms with van der Waals surface area (Å²) in [6.45, 7) is 0. The maximum absolute atomic E-state index is 5.54. The second kappa shape index (κ2) is 4.64. The van der Waals surface area contributed by atoms with E-state index in [1.54, 1.807) is 12.4 Å². The van der Waals surface area contributed by atoms with Crippen molar-refractivity contribution in [1.29, 1.82) is 0 Å². The van der Waals surface area contributed by atoms with Crippen LogP contribution in [0.4, 0.5) is 11.6 Å². The Bertz CT molecular complexity index is 536. The molecule has 0 bridgehead atoms. The maximum atomic E-state index is 5.54. The molecule has 18 heavy (non-hydrogen) atoms. The van der Waals surface area contributed by atoms with Crippen LogP contribution >= 0.6 is 0 Å². The predicted molar refractivity (Wildman–Crippen MR) is 72.2 cm³/mol. The predicted octanol–water partition coefficient (Wildman–Crippen LogP) is 2.55. The van der Waals surface area contributed by atoms with Crippen LogP contribution < -0.4 is 11.1 Å². The zero-order valence-electron chi connectivity index (χ0n) is 10.1. The van der Waals surface area contributed by atoms with Crippen LogP contribution in [-0.4, -0.2) is 9.97 Å². The summed E-state index contributed by atoms with van der Waals surface area (Å²) in [5.74, 6) is 1.23. The Kier molecular flexibility index (Phi) is 2.84. The third-order valence-electron chi connectivity index (χ3n) is 3.36. The summed E-state index contributed by atoms with van der Waals surface area (Å²) in [4.78, 5) is 8.30. The van der Waals surface area contributed by atoms with Crippen LogP contribution in [0.25, 0.3) is 0 Å². The first-order valence-electron chi connectivity index (χ1n) is 6.25. The molecule has 4 nitrogen and oxygen atoms in total. The summed E-state index contributed by atoms with van der Waals surface area (Å²) in [6, 6.07) is 8.92. The van der Waals surface area contributed by atoms with Gasteiger partial charge in [-0.25, -0.2) is 9.97 Å². The van der Waals surface area contributed by atoms with Crippen molar-refractivity contribution in [3.8, 4) is 0 Å². The molecule has 0 fully saturated rings. The molecule has 3 rings (SSSR count). The molecule has 1 heterocycles. The van der Waals surface area contributed by atoms with Crippen molar-refractivity contribution in [3.05, 3.63) is 47.8 Å². The van der Waals surface area contributed by atoms with Gasteiger partial charge in [0.25, 0.3) is 0 Å². The van der Waals surface area contributed by atoms with Gasteiger partial charge in [-0.05, 0) is 30.4 Å². The number of benzene rings is 1. The van der Waals surface area contributed by atoms with E-state index >= 15 is 0 Å². The van der Waals surface area contributed by atoms with Crippen molar-refractivity contribution in [2.24, 2.45) is 0 Å². The highest BCUT2D eigenvalue weighted by Gasteiger charge is 2.19. The molecule has 1 aromatic carbocycles. The van der Waals surface area contributed by atoms with Gasteiger partial charge in [-0.2, -0.15) is 0 Å². The molecule has 0 saturated carbocycles. The van der Waals surface area contributed by atoms with Crippen LogP contribution in [0.2, 0.25) is 0 Å². The number of aromatic nitrogens is 2. The van der Waals surface area contributed by atoms with Crippen molar-refractivity contribution < 1.29 is 0 Å². The minimum Gasteiger partial charge on any atom is -0.382 e. The standard InChI is InChI=1S/C14H16N4/c15-13-8-17-14(9-16-13)18-12-7-3-5-10-4-1-2-6-11(10)12/h1-2,4,6,8-9,12H,3,5,7H2,(H2,15,16)(H,17,18). The normalized spacial score (nSPS) is 18.1. The number of hydrogen-bond donors (Lipinski definition) is 2. The first kappa shape index (κ1) is 11.0. The van der Waals surface area contributed by atoms with Crippen LogP contribution in [0, 0.1) is 0 Å². The second-order valence-corrected chi connectivity index (χ2v) is 4.61. The van der Waals surface area contributed by atoms with E-state index in [-0.39, 0.29) is 0 Å².